The molecule has 6 rings (SSSR count). The lowest BCUT2D eigenvalue weighted by Crippen LogP contribution is -2.50. The van der Waals surface area contributed by atoms with Crippen molar-refractivity contribution in [3.8, 4) is 5.75 Å². The van der Waals surface area contributed by atoms with Crippen LogP contribution in [0.1, 0.15) is 25.3 Å². The highest BCUT2D eigenvalue weighted by molar-refractivity contribution is 6.07. The van der Waals surface area contributed by atoms with Gasteiger partial charge in [0.05, 0.1) is 32.6 Å². The molecule has 6 heteroatoms. The SMILES string of the molecule is C/C=C1\CNC2CC3(C(=O)N(OC)c4cc(OC)ccc43)C3CC1C2CO3. The highest BCUT2D eigenvalue weighted by Crippen LogP contribution is 2.56. The lowest BCUT2D eigenvalue weighted by atomic mass is 9.72. The number of benzene rings is 1. The molecule has 0 radical (unpaired) electrons. The normalized spacial score (nSPS) is 38.4. The summed E-state index contributed by atoms with van der Waals surface area (Å²) in [5, 5.41) is 5.12. The van der Waals surface area contributed by atoms with Crippen molar-refractivity contribution in [1.29, 1.82) is 0 Å². The monoisotopic (exact) mass is 370 g/mol. The summed E-state index contributed by atoms with van der Waals surface area (Å²) in [7, 11) is 3.18. The van der Waals surface area contributed by atoms with E-state index in [9.17, 15) is 4.79 Å². The lowest BCUT2D eigenvalue weighted by Gasteiger charge is -2.42. The van der Waals surface area contributed by atoms with E-state index in [1.54, 1.807) is 14.2 Å². The van der Waals surface area contributed by atoms with Crippen molar-refractivity contribution in [3.63, 3.8) is 0 Å². The number of ether oxygens (including phenoxy) is 2. The first-order valence-corrected chi connectivity index (χ1v) is 9.71. The van der Waals surface area contributed by atoms with Gasteiger partial charge in [0.15, 0.2) is 0 Å². The molecule has 5 aliphatic rings. The molecule has 1 N–H and O–H groups in total. The Bertz CT molecular complexity index is 822. The summed E-state index contributed by atoms with van der Waals surface area (Å²) < 4.78 is 11.7. The standard InChI is InChI=1S/C21H26N2O4/c1-4-12-10-22-17-9-21(19-8-14(12)15(17)11-27-19)16-6-5-13(25-2)7-18(16)23(26-3)20(21)24/h4-7,14-15,17,19,22H,8-11H2,1-3H3/b12-4+. The molecule has 1 aromatic carbocycles. The Kier molecular flexibility index (Phi) is 3.86. The minimum Gasteiger partial charge on any atom is -0.497 e. The van der Waals surface area contributed by atoms with E-state index in [0.29, 0.717) is 24.2 Å². The van der Waals surface area contributed by atoms with Crippen LogP contribution in [-0.2, 0) is 19.8 Å². The Hall–Kier alpha value is -1.89. The number of amides is 1. The zero-order chi connectivity index (χ0) is 18.8. The predicted octanol–water partition coefficient (Wildman–Crippen LogP) is 2.18. The summed E-state index contributed by atoms with van der Waals surface area (Å²) in [5.41, 5.74) is 2.52. The van der Waals surface area contributed by atoms with E-state index in [-0.39, 0.29) is 18.1 Å². The van der Waals surface area contributed by atoms with Gasteiger partial charge in [-0.2, -0.15) is 5.06 Å². The molecule has 5 atom stereocenters. The number of carbonyl (C=O) groups is 1. The number of nitrogens with zero attached hydrogens (tertiary/aromatic N) is 1. The van der Waals surface area contributed by atoms with Crippen molar-refractivity contribution in [2.75, 3.05) is 32.4 Å². The summed E-state index contributed by atoms with van der Waals surface area (Å²) in [6.45, 7) is 3.72. The summed E-state index contributed by atoms with van der Waals surface area (Å²) in [4.78, 5) is 19.2. The maximum atomic E-state index is 13.7. The van der Waals surface area contributed by atoms with Gasteiger partial charge in [0.2, 0.25) is 0 Å². The predicted molar refractivity (Wildman–Crippen MR) is 101 cm³/mol. The average molecular weight is 370 g/mol. The first kappa shape index (κ1) is 17.2. The quantitative estimate of drug-likeness (QED) is 0.809. The van der Waals surface area contributed by atoms with Gasteiger partial charge in [-0.25, -0.2) is 0 Å². The molecule has 1 saturated carbocycles. The van der Waals surface area contributed by atoms with E-state index < -0.39 is 5.41 Å². The molecule has 27 heavy (non-hydrogen) atoms. The first-order valence-electron chi connectivity index (χ1n) is 9.71. The van der Waals surface area contributed by atoms with Gasteiger partial charge < -0.3 is 14.8 Å². The van der Waals surface area contributed by atoms with Crippen molar-refractivity contribution in [1.82, 2.24) is 5.32 Å². The summed E-state index contributed by atoms with van der Waals surface area (Å²) >= 11 is 0. The van der Waals surface area contributed by atoms with Gasteiger partial charge >= 0.3 is 0 Å². The van der Waals surface area contributed by atoms with Crippen molar-refractivity contribution < 1.29 is 19.1 Å². The molecule has 4 aliphatic heterocycles. The van der Waals surface area contributed by atoms with E-state index in [1.165, 1.54) is 10.6 Å². The third-order valence-corrected chi connectivity index (χ3v) is 7.15. The minimum atomic E-state index is -0.706. The summed E-state index contributed by atoms with van der Waals surface area (Å²) in [6.07, 6.45) is 3.72. The molecule has 6 nitrogen and oxygen atoms in total. The Morgan fingerprint density at radius 3 is 2.96 bits per heavy atom. The smallest absolute Gasteiger partial charge is 0.264 e. The van der Waals surface area contributed by atoms with Crippen LogP contribution < -0.4 is 15.1 Å². The molecule has 4 bridgehead atoms. The fourth-order valence-electron chi connectivity index (χ4n) is 5.81. The van der Waals surface area contributed by atoms with E-state index in [1.807, 2.05) is 18.2 Å². The maximum Gasteiger partial charge on any atom is 0.264 e. The Morgan fingerprint density at radius 2 is 2.22 bits per heavy atom. The van der Waals surface area contributed by atoms with Crippen LogP contribution in [0, 0.1) is 11.8 Å². The number of anilines is 1. The highest BCUT2D eigenvalue weighted by atomic mass is 16.7. The van der Waals surface area contributed by atoms with E-state index in [2.05, 4.69) is 18.3 Å². The van der Waals surface area contributed by atoms with Gasteiger partial charge in [-0.05, 0) is 37.3 Å². The molecule has 4 fully saturated rings. The van der Waals surface area contributed by atoms with Crippen LogP contribution in [-0.4, -0.2) is 45.4 Å². The number of carbonyl (C=O) groups excluding carboxylic acids is 1. The summed E-state index contributed by atoms with van der Waals surface area (Å²) in [5.74, 6) is 1.61. The maximum absolute atomic E-state index is 13.7. The number of fused-ring (bicyclic) bond motifs is 2. The third-order valence-electron chi connectivity index (χ3n) is 7.15. The van der Waals surface area contributed by atoms with E-state index in [0.717, 1.165) is 30.6 Å². The van der Waals surface area contributed by atoms with Crippen LogP contribution in [0.2, 0.25) is 0 Å². The van der Waals surface area contributed by atoms with Gasteiger partial charge in [-0.1, -0.05) is 17.7 Å². The lowest BCUT2D eigenvalue weighted by molar-refractivity contribution is -0.137. The summed E-state index contributed by atoms with van der Waals surface area (Å²) in [6, 6.07) is 6.11. The molecular formula is C21H26N2O4. The molecule has 3 saturated heterocycles. The van der Waals surface area contributed by atoms with Crippen LogP contribution in [0.25, 0.3) is 0 Å². The molecular weight excluding hydrogens is 344 g/mol. The van der Waals surface area contributed by atoms with Crippen LogP contribution in [0.3, 0.4) is 0 Å². The molecule has 1 aliphatic carbocycles. The van der Waals surface area contributed by atoms with E-state index in [4.69, 9.17) is 14.3 Å². The van der Waals surface area contributed by atoms with Crippen molar-refractivity contribution in [2.45, 2.75) is 37.3 Å². The Balaban J connectivity index is 1.67. The minimum absolute atomic E-state index is 0.0183. The zero-order valence-corrected chi connectivity index (χ0v) is 16.0. The highest BCUT2D eigenvalue weighted by Gasteiger charge is 2.63. The second-order valence-corrected chi connectivity index (χ2v) is 8.02. The van der Waals surface area contributed by atoms with Gasteiger partial charge in [-0.3, -0.25) is 9.63 Å². The Labute approximate surface area is 159 Å². The number of hydrogen-bond donors (Lipinski definition) is 1. The molecule has 1 aromatic rings. The fourth-order valence-corrected chi connectivity index (χ4v) is 5.81. The number of rotatable bonds is 2. The third kappa shape index (κ3) is 2.15. The van der Waals surface area contributed by atoms with Gasteiger partial charge in [0.25, 0.3) is 5.91 Å². The van der Waals surface area contributed by atoms with Crippen molar-refractivity contribution in [2.24, 2.45) is 11.8 Å². The van der Waals surface area contributed by atoms with Crippen molar-refractivity contribution in [3.05, 3.63) is 35.4 Å². The van der Waals surface area contributed by atoms with Gasteiger partial charge in [-0.15, -0.1) is 0 Å². The zero-order valence-electron chi connectivity index (χ0n) is 16.0. The van der Waals surface area contributed by atoms with E-state index >= 15 is 0 Å². The number of methoxy groups -OCH3 is 1. The average Bonchev–Trinajstić information content (AvgIpc) is 2.80. The van der Waals surface area contributed by atoms with Crippen LogP contribution in [0.4, 0.5) is 5.69 Å². The van der Waals surface area contributed by atoms with Crippen LogP contribution >= 0.6 is 0 Å². The molecule has 0 aromatic heterocycles. The number of hydrogen-bond acceptors (Lipinski definition) is 5. The number of piperidine rings is 1. The Morgan fingerprint density at radius 1 is 1.37 bits per heavy atom. The van der Waals surface area contributed by atoms with Gasteiger partial charge in [0, 0.05) is 24.6 Å². The van der Waals surface area contributed by atoms with Crippen LogP contribution in [0.15, 0.2) is 29.8 Å². The number of nitrogens with one attached hydrogen (secondary N) is 1. The van der Waals surface area contributed by atoms with Gasteiger partial charge in [0.1, 0.15) is 11.2 Å². The van der Waals surface area contributed by atoms with Crippen molar-refractivity contribution >= 4 is 11.6 Å². The fraction of sp³-hybridized carbons (Fsp3) is 0.571. The molecule has 4 heterocycles. The number of allylic oxidation sites excluding steroid dienone is 1. The molecule has 1 amide bonds. The largest absolute Gasteiger partial charge is 0.497 e. The molecule has 1 spiro atoms. The second kappa shape index (κ2) is 6.06. The van der Waals surface area contributed by atoms with Crippen LogP contribution in [0.5, 0.6) is 5.75 Å². The number of hydroxylamine groups is 1. The first-order chi connectivity index (χ1) is 13.1. The molecule has 144 valence electrons. The second-order valence-electron chi connectivity index (χ2n) is 8.02. The topological polar surface area (TPSA) is 60.0 Å². The molecule has 5 unspecified atom stereocenters.